The molecule has 2 aliphatic rings. The Morgan fingerprint density at radius 3 is 2.66 bits per heavy atom. The number of aliphatic imine (C=N–C) groups is 1. The Hall–Kier alpha value is -1.06. The van der Waals surface area contributed by atoms with E-state index >= 15 is 0 Å². The van der Waals surface area contributed by atoms with Crippen LogP contribution in [0.3, 0.4) is 0 Å². The maximum Gasteiger partial charge on any atom is 0.191 e. The topological polar surface area (TPSA) is 52.1 Å². The molecule has 7 heteroatoms. The van der Waals surface area contributed by atoms with Gasteiger partial charge in [-0.25, -0.2) is 4.99 Å². The summed E-state index contributed by atoms with van der Waals surface area (Å²) in [7, 11) is 2.18. The minimum absolute atomic E-state index is 0. The third-order valence-corrected chi connectivity index (χ3v) is 5.81. The van der Waals surface area contributed by atoms with Gasteiger partial charge >= 0.3 is 0 Å². The van der Waals surface area contributed by atoms with E-state index in [0.29, 0.717) is 6.54 Å². The number of guanidine groups is 1. The molecule has 1 aromatic carbocycles. The van der Waals surface area contributed by atoms with Gasteiger partial charge in [0.05, 0.1) is 19.8 Å². The molecule has 0 saturated carbocycles. The summed E-state index contributed by atoms with van der Waals surface area (Å²) in [5.41, 5.74) is 4.17. The van der Waals surface area contributed by atoms with E-state index in [9.17, 15) is 0 Å². The highest BCUT2D eigenvalue weighted by atomic mass is 127. The molecule has 0 aliphatic carbocycles. The largest absolute Gasteiger partial charge is 0.379 e. The first-order valence-electron chi connectivity index (χ1n) is 10.7. The number of anilines is 1. The highest BCUT2D eigenvalue weighted by Gasteiger charge is 2.28. The molecule has 0 atom stereocenters. The molecule has 164 valence electrons. The van der Waals surface area contributed by atoms with E-state index in [2.05, 4.69) is 66.5 Å². The lowest BCUT2D eigenvalue weighted by Gasteiger charge is -2.41. The molecule has 1 saturated heterocycles. The van der Waals surface area contributed by atoms with Crippen molar-refractivity contribution in [2.75, 3.05) is 57.9 Å². The van der Waals surface area contributed by atoms with E-state index in [1.54, 1.807) is 0 Å². The minimum Gasteiger partial charge on any atom is -0.379 e. The Bertz CT molecular complexity index is 673. The fourth-order valence-corrected chi connectivity index (χ4v) is 4.03. The summed E-state index contributed by atoms with van der Waals surface area (Å²) in [6.07, 6.45) is 2.40. The Morgan fingerprint density at radius 1 is 1.17 bits per heavy atom. The highest BCUT2D eigenvalue weighted by molar-refractivity contribution is 14.0. The van der Waals surface area contributed by atoms with Crippen LogP contribution >= 0.6 is 24.0 Å². The lowest BCUT2D eigenvalue weighted by molar-refractivity contribution is -0.00834. The lowest BCUT2D eigenvalue weighted by Crippen LogP contribution is -2.56. The molecule has 1 fully saturated rings. The number of rotatable bonds is 6. The van der Waals surface area contributed by atoms with Crippen LogP contribution in [0.4, 0.5) is 5.69 Å². The fourth-order valence-electron chi connectivity index (χ4n) is 4.03. The van der Waals surface area contributed by atoms with Crippen molar-refractivity contribution in [1.29, 1.82) is 0 Å². The molecular weight excluding hydrogens is 477 g/mol. The number of ether oxygens (including phenoxy) is 1. The van der Waals surface area contributed by atoms with Crippen LogP contribution in [0.15, 0.2) is 23.2 Å². The van der Waals surface area contributed by atoms with Gasteiger partial charge in [-0.2, -0.15) is 0 Å². The third kappa shape index (κ3) is 6.72. The summed E-state index contributed by atoms with van der Waals surface area (Å²) < 4.78 is 5.49. The van der Waals surface area contributed by atoms with E-state index in [1.165, 1.54) is 29.7 Å². The number of hydrogen-bond acceptors (Lipinski definition) is 4. The number of halogens is 1. The number of fused-ring (bicyclic) bond motifs is 1. The Kier molecular flexibility index (Phi) is 9.49. The minimum atomic E-state index is 0. The Balaban J connectivity index is 0.00000300. The summed E-state index contributed by atoms with van der Waals surface area (Å²) in [4.78, 5) is 9.68. The van der Waals surface area contributed by atoms with Crippen molar-refractivity contribution in [3.63, 3.8) is 0 Å². The van der Waals surface area contributed by atoms with E-state index in [0.717, 1.165) is 51.9 Å². The quantitative estimate of drug-likeness (QED) is 0.347. The number of morpholine rings is 1. The number of hydrogen-bond donors (Lipinski definition) is 2. The van der Waals surface area contributed by atoms with Crippen LogP contribution in [0.25, 0.3) is 0 Å². The summed E-state index contributed by atoms with van der Waals surface area (Å²) in [5.74, 6) is 0.888. The van der Waals surface area contributed by atoms with Gasteiger partial charge in [-0.15, -0.1) is 24.0 Å². The van der Waals surface area contributed by atoms with E-state index < -0.39 is 0 Å². The molecule has 0 amide bonds. The molecule has 29 heavy (non-hydrogen) atoms. The van der Waals surface area contributed by atoms with Crippen molar-refractivity contribution in [3.8, 4) is 0 Å². The summed E-state index contributed by atoms with van der Waals surface area (Å²) in [5, 5.41) is 6.93. The molecular formula is C22H38IN5O. The van der Waals surface area contributed by atoms with Crippen molar-refractivity contribution in [2.45, 2.75) is 45.7 Å². The molecule has 2 heterocycles. The van der Waals surface area contributed by atoms with E-state index in [4.69, 9.17) is 9.73 Å². The van der Waals surface area contributed by atoms with Crippen LogP contribution in [0, 0.1) is 0 Å². The van der Waals surface area contributed by atoms with Crippen molar-refractivity contribution in [3.05, 3.63) is 29.3 Å². The van der Waals surface area contributed by atoms with Crippen molar-refractivity contribution < 1.29 is 4.74 Å². The molecule has 0 radical (unpaired) electrons. The zero-order chi connectivity index (χ0) is 20.0. The molecule has 1 aromatic rings. The summed E-state index contributed by atoms with van der Waals surface area (Å²) in [6, 6.07) is 6.79. The standard InChI is InChI=1S/C22H37N5O.HI/c1-5-23-21(25-17-22(2,3)27-11-13-28-14-12-27)24-16-18-8-9-20-19(15-18)7-6-10-26(20)4;/h8-9,15H,5-7,10-14,16-17H2,1-4H3,(H2,23,24,25);1H. The number of aryl methyl sites for hydroxylation is 1. The molecule has 0 aromatic heterocycles. The first kappa shape index (κ1) is 24.2. The predicted molar refractivity (Wildman–Crippen MR) is 133 cm³/mol. The number of nitrogens with zero attached hydrogens (tertiary/aromatic N) is 3. The van der Waals surface area contributed by atoms with Crippen LogP contribution < -0.4 is 15.5 Å². The second-order valence-corrected chi connectivity index (χ2v) is 8.45. The monoisotopic (exact) mass is 515 g/mol. The lowest BCUT2D eigenvalue weighted by atomic mass is 10.00. The molecule has 0 unspecified atom stereocenters. The maximum atomic E-state index is 5.49. The van der Waals surface area contributed by atoms with Gasteiger partial charge in [0.1, 0.15) is 0 Å². The molecule has 0 spiro atoms. The molecule has 0 bridgehead atoms. The van der Waals surface area contributed by atoms with Gasteiger partial charge in [0.25, 0.3) is 0 Å². The Labute approximate surface area is 193 Å². The van der Waals surface area contributed by atoms with Gasteiger partial charge in [0, 0.05) is 51.0 Å². The SMILES string of the molecule is CCNC(=NCc1ccc2c(c1)CCCN2C)NCC(C)(C)N1CCOCC1.I. The smallest absolute Gasteiger partial charge is 0.191 e. The summed E-state index contributed by atoms with van der Waals surface area (Å²) in [6.45, 7) is 13.9. The van der Waals surface area contributed by atoms with E-state index in [1.807, 2.05) is 0 Å². The van der Waals surface area contributed by atoms with Gasteiger partial charge in [-0.05, 0) is 50.8 Å². The first-order chi connectivity index (χ1) is 13.5. The highest BCUT2D eigenvalue weighted by Crippen LogP contribution is 2.27. The number of benzene rings is 1. The zero-order valence-electron chi connectivity index (χ0n) is 18.5. The maximum absolute atomic E-state index is 5.49. The van der Waals surface area contributed by atoms with Crippen LogP contribution in [-0.2, 0) is 17.7 Å². The average molecular weight is 515 g/mol. The van der Waals surface area contributed by atoms with Gasteiger partial charge in [0.15, 0.2) is 5.96 Å². The molecule has 6 nitrogen and oxygen atoms in total. The van der Waals surface area contributed by atoms with Gasteiger partial charge in [-0.1, -0.05) is 12.1 Å². The average Bonchev–Trinajstić information content (AvgIpc) is 2.71. The third-order valence-electron chi connectivity index (χ3n) is 5.81. The second-order valence-electron chi connectivity index (χ2n) is 8.45. The molecule has 3 rings (SSSR count). The van der Waals surface area contributed by atoms with Gasteiger partial charge in [0.2, 0.25) is 0 Å². The first-order valence-corrected chi connectivity index (χ1v) is 10.7. The van der Waals surface area contributed by atoms with Gasteiger partial charge in [-0.3, -0.25) is 4.90 Å². The molecule has 2 N–H and O–H groups in total. The van der Waals surface area contributed by atoms with Crippen LogP contribution in [-0.4, -0.2) is 69.4 Å². The van der Waals surface area contributed by atoms with Crippen LogP contribution in [0.5, 0.6) is 0 Å². The number of nitrogens with one attached hydrogen (secondary N) is 2. The second kappa shape index (κ2) is 11.4. The fraction of sp³-hybridized carbons (Fsp3) is 0.682. The zero-order valence-corrected chi connectivity index (χ0v) is 20.8. The normalized spacial score (nSPS) is 18.1. The van der Waals surface area contributed by atoms with Gasteiger partial charge < -0.3 is 20.3 Å². The predicted octanol–water partition coefficient (Wildman–Crippen LogP) is 2.85. The summed E-state index contributed by atoms with van der Waals surface area (Å²) >= 11 is 0. The Morgan fingerprint density at radius 2 is 1.93 bits per heavy atom. The van der Waals surface area contributed by atoms with Crippen LogP contribution in [0.2, 0.25) is 0 Å². The van der Waals surface area contributed by atoms with Crippen molar-refractivity contribution in [2.24, 2.45) is 4.99 Å². The van der Waals surface area contributed by atoms with Crippen LogP contribution in [0.1, 0.15) is 38.3 Å². The van der Waals surface area contributed by atoms with Crippen molar-refractivity contribution in [1.82, 2.24) is 15.5 Å². The molecule has 2 aliphatic heterocycles. The van der Waals surface area contributed by atoms with E-state index in [-0.39, 0.29) is 29.5 Å². The van der Waals surface area contributed by atoms with Crippen molar-refractivity contribution >= 4 is 35.6 Å².